The van der Waals surface area contributed by atoms with Crippen LogP contribution in [0.3, 0.4) is 0 Å². The van der Waals surface area contributed by atoms with E-state index in [0.29, 0.717) is 12.6 Å². The summed E-state index contributed by atoms with van der Waals surface area (Å²) in [4.78, 5) is 39.8. The van der Waals surface area contributed by atoms with Gasteiger partial charge in [0.05, 0.1) is 6.04 Å². The molecule has 2 bridgehead atoms. The number of nitrogens with zero attached hydrogens (tertiary/aromatic N) is 2. The van der Waals surface area contributed by atoms with Crippen molar-refractivity contribution in [3.63, 3.8) is 0 Å². The van der Waals surface area contributed by atoms with Gasteiger partial charge in [0.2, 0.25) is 5.43 Å². The number of aromatic hydroxyl groups is 1. The van der Waals surface area contributed by atoms with Crippen molar-refractivity contribution in [2.75, 3.05) is 6.54 Å². The number of pyridine rings is 1. The number of hydrogen-bond donors (Lipinski definition) is 2. The van der Waals surface area contributed by atoms with E-state index in [4.69, 9.17) is 0 Å². The van der Waals surface area contributed by atoms with Crippen molar-refractivity contribution in [1.29, 1.82) is 0 Å². The van der Waals surface area contributed by atoms with Crippen molar-refractivity contribution in [2.45, 2.75) is 44.8 Å². The van der Waals surface area contributed by atoms with Gasteiger partial charge in [-0.1, -0.05) is 6.07 Å². The van der Waals surface area contributed by atoms with Gasteiger partial charge in [-0.15, -0.1) is 0 Å². The second kappa shape index (κ2) is 7.55. The summed E-state index contributed by atoms with van der Waals surface area (Å²) in [7, 11) is 0. The number of hydrogen-bond acceptors (Lipinski definition) is 4. The molecular weight excluding hydrogens is 396 g/mol. The Bertz CT molecular complexity index is 1100. The minimum atomic E-state index is -0.959. The Kier molecular flexibility index (Phi) is 5.05. The normalized spacial score (nSPS) is 20.5. The standard InChI is InChI=1S/C21H21F2N3O4/c1-11-16-4-2-3-7-25(11)21(30)17-19(28)18(27)14(10-26(16)17)20(29)24-9-12-5-6-13(22)8-15(12)23/h5-6,8,10-11,16,28H,2-4,7,9H2,1H3,(H,24,29)/t11-,16+/m0/s1. The molecule has 30 heavy (non-hydrogen) atoms. The lowest BCUT2D eigenvalue weighted by Crippen LogP contribution is -2.49. The zero-order valence-electron chi connectivity index (χ0n) is 16.3. The van der Waals surface area contributed by atoms with Gasteiger partial charge in [0, 0.05) is 37.0 Å². The highest BCUT2D eigenvalue weighted by atomic mass is 19.1. The molecule has 0 unspecified atom stereocenters. The molecule has 2 aliphatic rings. The van der Waals surface area contributed by atoms with E-state index in [1.165, 1.54) is 16.8 Å². The molecule has 9 heteroatoms. The lowest BCUT2D eigenvalue weighted by molar-refractivity contribution is 0.0565. The first kappa shape index (κ1) is 20.1. The third-order valence-electron chi connectivity index (χ3n) is 5.93. The van der Waals surface area contributed by atoms with Crippen molar-refractivity contribution in [1.82, 2.24) is 14.8 Å². The number of benzene rings is 1. The van der Waals surface area contributed by atoms with Gasteiger partial charge in [-0.05, 0) is 32.3 Å². The molecule has 3 heterocycles. The van der Waals surface area contributed by atoms with Crippen LogP contribution in [-0.4, -0.2) is 39.0 Å². The average Bonchev–Trinajstić information content (AvgIpc) is 2.85. The largest absolute Gasteiger partial charge is 0.503 e. The van der Waals surface area contributed by atoms with Gasteiger partial charge in [-0.25, -0.2) is 8.78 Å². The number of rotatable bonds is 3. The molecule has 4 rings (SSSR count). The van der Waals surface area contributed by atoms with Crippen molar-refractivity contribution >= 4 is 11.8 Å². The molecule has 7 nitrogen and oxygen atoms in total. The third kappa shape index (κ3) is 3.24. The van der Waals surface area contributed by atoms with Crippen molar-refractivity contribution in [3.05, 3.63) is 63.1 Å². The van der Waals surface area contributed by atoms with Crippen LogP contribution in [0.5, 0.6) is 5.75 Å². The van der Waals surface area contributed by atoms with E-state index < -0.39 is 34.6 Å². The van der Waals surface area contributed by atoms with E-state index in [1.807, 2.05) is 6.92 Å². The van der Waals surface area contributed by atoms with Gasteiger partial charge in [0.1, 0.15) is 17.2 Å². The van der Waals surface area contributed by atoms with Crippen LogP contribution in [0.2, 0.25) is 0 Å². The zero-order chi connectivity index (χ0) is 21.6. The molecule has 1 saturated heterocycles. The van der Waals surface area contributed by atoms with Gasteiger partial charge in [-0.2, -0.15) is 0 Å². The first-order valence-corrected chi connectivity index (χ1v) is 9.80. The molecule has 0 aliphatic carbocycles. The Balaban J connectivity index is 1.68. The second-order valence-corrected chi connectivity index (χ2v) is 7.70. The van der Waals surface area contributed by atoms with Gasteiger partial charge < -0.3 is 19.9 Å². The molecule has 2 aliphatic heterocycles. The van der Waals surface area contributed by atoms with Crippen molar-refractivity contribution in [3.8, 4) is 5.75 Å². The van der Waals surface area contributed by atoms with Crippen LogP contribution in [0.25, 0.3) is 0 Å². The Labute approximate surface area is 170 Å². The minimum Gasteiger partial charge on any atom is -0.503 e. The quantitative estimate of drug-likeness (QED) is 0.802. The molecule has 1 fully saturated rings. The minimum absolute atomic E-state index is 0.0512. The molecule has 0 radical (unpaired) electrons. The number of halogens is 2. The van der Waals surface area contributed by atoms with Gasteiger partial charge in [0.25, 0.3) is 11.8 Å². The highest BCUT2D eigenvalue weighted by molar-refractivity contribution is 5.99. The molecule has 1 aromatic carbocycles. The van der Waals surface area contributed by atoms with Gasteiger partial charge in [-0.3, -0.25) is 14.4 Å². The average molecular weight is 417 g/mol. The summed E-state index contributed by atoms with van der Waals surface area (Å²) >= 11 is 0. The first-order valence-electron chi connectivity index (χ1n) is 9.80. The molecule has 2 N–H and O–H groups in total. The van der Waals surface area contributed by atoms with Crippen LogP contribution in [0.1, 0.15) is 58.6 Å². The highest BCUT2D eigenvalue weighted by Crippen LogP contribution is 2.36. The predicted octanol–water partition coefficient (Wildman–Crippen LogP) is 2.33. The lowest BCUT2D eigenvalue weighted by Gasteiger charge is -2.40. The van der Waals surface area contributed by atoms with Crippen LogP contribution in [0.4, 0.5) is 8.78 Å². The number of carbonyl (C=O) groups excluding carboxylic acids is 2. The molecule has 158 valence electrons. The fraction of sp³-hybridized carbons (Fsp3) is 0.381. The van der Waals surface area contributed by atoms with E-state index in [2.05, 4.69) is 5.32 Å². The highest BCUT2D eigenvalue weighted by Gasteiger charge is 2.40. The van der Waals surface area contributed by atoms with Crippen molar-refractivity contribution in [2.24, 2.45) is 0 Å². The topological polar surface area (TPSA) is 91.6 Å². The number of nitrogens with one attached hydrogen (secondary N) is 1. The molecule has 0 spiro atoms. The van der Waals surface area contributed by atoms with Gasteiger partial charge >= 0.3 is 0 Å². The summed E-state index contributed by atoms with van der Waals surface area (Å²) in [6.07, 6.45) is 3.73. The monoisotopic (exact) mass is 417 g/mol. The van der Waals surface area contributed by atoms with Crippen LogP contribution >= 0.6 is 0 Å². The molecule has 2 aromatic rings. The summed E-state index contributed by atoms with van der Waals surface area (Å²) < 4.78 is 28.4. The SMILES string of the molecule is C[C@H]1[C@H]2CCCCN1C(=O)c1c(O)c(=O)c(C(=O)NCc3ccc(F)cc3F)cn12. The summed E-state index contributed by atoms with van der Waals surface area (Å²) in [6, 6.07) is 2.65. The summed E-state index contributed by atoms with van der Waals surface area (Å²) in [5, 5.41) is 12.9. The maximum absolute atomic E-state index is 13.8. The maximum atomic E-state index is 13.8. The van der Waals surface area contributed by atoms with Crippen LogP contribution in [0.15, 0.2) is 29.2 Å². The number of carbonyl (C=O) groups is 2. The van der Waals surface area contributed by atoms with Crippen molar-refractivity contribution < 1.29 is 23.5 Å². The Morgan fingerprint density at radius 2 is 2.03 bits per heavy atom. The molecule has 0 saturated carbocycles. The summed E-state index contributed by atoms with van der Waals surface area (Å²) in [5.41, 5.74) is -1.35. The van der Waals surface area contributed by atoms with Crippen LogP contribution in [0, 0.1) is 11.6 Å². The summed E-state index contributed by atoms with van der Waals surface area (Å²) in [5.74, 6) is -3.57. The number of aromatic nitrogens is 1. The number of amides is 2. The fourth-order valence-electron chi connectivity index (χ4n) is 4.27. The fourth-order valence-corrected chi connectivity index (χ4v) is 4.27. The van der Waals surface area contributed by atoms with E-state index >= 15 is 0 Å². The van der Waals surface area contributed by atoms with Crippen LogP contribution in [-0.2, 0) is 6.54 Å². The zero-order valence-corrected chi connectivity index (χ0v) is 16.3. The van der Waals surface area contributed by atoms with Gasteiger partial charge in [0.15, 0.2) is 11.4 Å². The van der Waals surface area contributed by atoms with Crippen LogP contribution < -0.4 is 10.7 Å². The Hall–Kier alpha value is -3.23. The lowest BCUT2D eigenvalue weighted by atomic mass is 9.99. The smallest absolute Gasteiger partial charge is 0.274 e. The Morgan fingerprint density at radius 1 is 1.27 bits per heavy atom. The summed E-state index contributed by atoms with van der Waals surface area (Å²) in [6.45, 7) is 2.19. The second-order valence-electron chi connectivity index (χ2n) is 7.70. The molecule has 2 amide bonds. The van der Waals surface area contributed by atoms with E-state index in [9.17, 15) is 28.3 Å². The maximum Gasteiger partial charge on any atom is 0.274 e. The Morgan fingerprint density at radius 3 is 2.77 bits per heavy atom. The third-order valence-corrected chi connectivity index (χ3v) is 5.93. The van der Waals surface area contributed by atoms with E-state index in [-0.39, 0.29) is 35.4 Å². The number of fused-ring (bicyclic) bond motifs is 4. The predicted molar refractivity (Wildman–Crippen MR) is 103 cm³/mol. The molecular formula is C21H21F2N3O4. The van der Waals surface area contributed by atoms with E-state index in [0.717, 1.165) is 25.3 Å². The molecule has 1 aromatic heterocycles. The first-order chi connectivity index (χ1) is 14.3. The molecule has 2 atom stereocenters. The van der Waals surface area contributed by atoms with E-state index in [1.54, 1.807) is 4.90 Å².